The van der Waals surface area contributed by atoms with E-state index in [1.165, 1.54) is 24.3 Å². The average molecular weight is 519 g/mol. The summed E-state index contributed by atoms with van der Waals surface area (Å²) < 4.78 is 86.5. The Morgan fingerprint density at radius 1 is 1.09 bits per heavy atom. The van der Waals surface area contributed by atoms with Crippen molar-refractivity contribution in [2.45, 2.75) is 47.5 Å². The Bertz CT molecular complexity index is 1280. The first-order chi connectivity index (χ1) is 15.4. The zero-order valence-corrected chi connectivity index (χ0v) is 20.6. The molecule has 0 aromatic heterocycles. The lowest BCUT2D eigenvalue weighted by Crippen LogP contribution is -2.54. The van der Waals surface area contributed by atoms with Crippen molar-refractivity contribution in [3.05, 3.63) is 58.6 Å². The van der Waals surface area contributed by atoms with Crippen LogP contribution >= 0.6 is 11.6 Å². The molecular formula is C23H25ClF2O5S2. The molecule has 180 valence electrons. The minimum Gasteiger partial charge on any atom is -0.490 e. The van der Waals surface area contributed by atoms with Gasteiger partial charge in [-0.05, 0) is 68.5 Å². The zero-order valence-electron chi connectivity index (χ0n) is 18.2. The number of sulfone groups is 2. The van der Waals surface area contributed by atoms with Gasteiger partial charge in [0.15, 0.2) is 21.4 Å². The van der Waals surface area contributed by atoms with Gasteiger partial charge in [0.25, 0.3) is 0 Å². The molecule has 1 unspecified atom stereocenters. The molecule has 1 heterocycles. The lowest BCUT2D eigenvalue weighted by atomic mass is 9.66. The van der Waals surface area contributed by atoms with E-state index in [2.05, 4.69) is 0 Å². The molecule has 1 aliphatic heterocycles. The van der Waals surface area contributed by atoms with Crippen LogP contribution in [0.15, 0.2) is 41.3 Å². The van der Waals surface area contributed by atoms with Gasteiger partial charge in [-0.15, -0.1) is 0 Å². The first-order valence-electron chi connectivity index (χ1n) is 10.7. The lowest BCUT2D eigenvalue weighted by Gasteiger charge is -2.50. The van der Waals surface area contributed by atoms with E-state index >= 15 is 4.39 Å². The fraction of sp³-hybridized carbons (Fsp3) is 0.478. The highest BCUT2D eigenvalue weighted by molar-refractivity contribution is 7.92. The number of rotatable bonds is 5. The van der Waals surface area contributed by atoms with Gasteiger partial charge in [-0.3, -0.25) is 0 Å². The van der Waals surface area contributed by atoms with Crippen molar-refractivity contribution in [1.29, 1.82) is 0 Å². The summed E-state index contributed by atoms with van der Waals surface area (Å²) >= 11 is 5.95. The van der Waals surface area contributed by atoms with Crippen LogP contribution in [-0.4, -0.2) is 34.9 Å². The molecule has 0 radical (unpaired) electrons. The fourth-order valence-corrected chi connectivity index (χ4v) is 8.56. The molecule has 33 heavy (non-hydrogen) atoms. The van der Waals surface area contributed by atoms with Crippen molar-refractivity contribution in [2.24, 2.45) is 11.8 Å². The van der Waals surface area contributed by atoms with Crippen LogP contribution in [0.4, 0.5) is 8.78 Å². The monoisotopic (exact) mass is 518 g/mol. The van der Waals surface area contributed by atoms with Crippen molar-refractivity contribution in [3.63, 3.8) is 0 Å². The standard InChI is InChI=1S/C23H25ClF2O5S2/c1-14(32(2,27)28)12-15-4-3-11-23(33(29,30)17-7-5-16(24)6-8-17)18(15)13-31-22-20(26)10-9-19(25)21(22)23/h5-10,14-15,18H,3-4,11-13H2,1-2H3/t14?,15-,18-,23-/m0/s1. The number of hydrogen-bond donors (Lipinski definition) is 0. The number of halogens is 3. The minimum atomic E-state index is -4.25. The van der Waals surface area contributed by atoms with E-state index in [9.17, 15) is 21.2 Å². The van der Waals surface area contributed by atoms with Crippen LogP contribution in [0.2, 0.25) is 5.02 Å². The molecule has 5 nitrogen and oxygen atoms in total. The van der Waals surface area contributed by atoms with Gasteiger partial charge in [-0.25, -0.2) is 25.6 Å². The molecule has 2 aliphatic rings. The molecule has 0 amide bonds. The normalized spacial score (nSPS) is 26.1. The van der Waals surface area contributed by atoms with Crippen molar-refractivity contribution in [2.75, 3.05) is 12.9 Å². The van der Waals surface area contributed by atoms with E-state index in [1.807, 2.05) is 0 Å². The Kier molecular flexibility index (Phi) is 6.29. The van der Waals surface area contributed by atoms with Crippen LogP contribution in [0.5, 0.6) is 5.75 Å². The lowest BCUT2D eigenvalue weighted by molar-refractivity contribution is 0.0709. The third-order valence-corrected chi connectivity index (χ3v) is 11.6. The van der Waals surface area contributed by atoms with Gasteiger partial charge >= 0.3 is 0 Å². The summed E-state index contributed by atoms with van der Waals surface area (Å²) in [5.41, 5.74) is -0.301. The van der Waals surface area contributed by atoms with Crippen molar-refractivity contribution < 1.29 is 30.4 Å². The molecule has 4 atom stereocenters. The summed E-state index contributed by atoms with van der Waals surface area (Å²) in [4.78, 5) is -0.0507. The third-order valence-electron chi connectivity index (χ3n) is 7.15. The molecule has 4 rings (SSSR count). The highest BCUT2D eigenvalue weighted by Gasteiger charge is 2.61. The summed E-state index contributed by atoms with van der Waals surface area (Å²) in [6.07, 6.45) is 2.40. The predicted molar refractivity (Wildman–Crippen MR) is 122 cm³/mol. The topological polar surface area (TPSA) is 77.5 Å². The summed E-state index contributed by atoms with van der Waals surface area (Å²) in [5.74, 6) is -3.20. The Labute approximate surface area is 197 Å². The molecule has 0 N–H and O–H groups in total. The third kappa shape index (κ3) is 3.96. The number of hydrogen-bond acceptors (Lipinski definition) is 5. The van der Waals surface area contributed by atoms with Crippen LogP contribution in [-0.2, 0) is 24.4 Å². The minimum absolute atomic E-state index is 0.0507. The van der Waals surface area contributed by atoms with Gasteiger partial charge < -0.3 is 4.74 Å². The maximum absolute atomic E-state index is 15.3. The molecule has 0 bridgehead atoms. The van der Waals surface area contributed by atoms with Gasteiger partial charge in [0.05, 0.1) is 22.3 Å². The van der Waals surface area contributed by atoms with E-state index in [-0.39, 0.29) is 41.6 Å². The van der Waals surface area contributed by atoms with Crippen molar-refractivity contribution >= 4 is 31.3 Å². The smallest absolute Gasteiger partial charge is 0.188 e. The first-order valence-corrected chi connectivity index (χ1v) is 14.5. The fourth-order valence-electron chi connectivity index (χ4n) is 5.39. The maximum Gasteiger partial charge on any atom is 0.188 e. The van der Waals surface area contributed by atoms with E-state index < -0.39 is 47.2 Å². The molecule has 2 aromatic carbocycles. The van der Waals surface area contributed by atoms with Crippen LogP contribution in [0.3, 0.4) is 0 Å². The van der Waals surface area contributed by atoms with Gasteiger partial charge in [0, 0.05) is 17.2 Å². The Morgan fingerprint density at radius 2 is 1.73 bits per heavy atom. The number of benzene rings is 2. The Morgan fingerprint density at radius 3 is 2.36 bits per heavy atom. The van der Waals surface area contributed by atoms with E-state index in [0.717, 1.165) is 18.4 Å². The zero-order chi connectivity index (χ0) is 24.2. The van der Waals surface area contributed by atoms with Gasteiger partial charge in [0.2, 0.25) is 0 Å². The van der Waals surface area contributed by atoms with Crippen LogP contribution in [0.25, 0.3) is 0 Å². The summed E-state index contributed by atoms with van der Waals surface area (Å²) in [6, 6.07) is 7.44. The molecule has 0 spiro atoms. The second-order valence-electron chi connectivity index (χ2n) is 9.03. The summed E-state index contributed by atoms with van der Waals surface area (Å²) in [7, 11) is -7.62. The second kappa shape index (κ2) is 8.50. The van der Waals surface area contributed by atoms with Crippen molar-refractivity contribution in [3.8, 4) is 5.75 Å². The van der Waals surface area contributed by atoms with E-state index in [1.54, 1.807) is 6.92 Å². The predicted octanol–water partition coefficient (Wildman–Crippen LogP) is 4.92. The van der Waals surface area contributed by atoms with Crippen LogP contribution in [0.1, 0.15) is 38.2 Å². The molecular weight excluding hydrogens is 494 g/mol. The molecule has 10 heteroatoms. The van der Waals surface area contributed by atoms with Gasteiger partial charge in [-0.2, -0.15) is 0 Å². The van der Waals surface area contributed by atoms with Gasteiger partial charge in [0.1, 0.15) is 20.4 Å². The molecule has 2 aromatic rings. The van der Waals surface area contributed by atoms with Crippen LogP contribution in [0, 0.1) is 23.5 Å². The molecule has 1 aliphatic carbocycles. The maximum atomic E-state index is 15.3. The highest BCUT2D eigenvalue weighted by Crippen LogP contribution is 2.58. The Balaban J connectivity index is 1.96. The number of ether oxygens (including phenoxy) is 1. The highest BCUT2D eigenvalue weighted by atomic mass is 35.5. The molecule has 1 saturated carbocycles. The van der Waals surface area contributed by atoms with E-state index in [0.29, 0.717) is 17.9 Å². The molecule has 1 fully saturated rings. The second-order valence-corrected chi connectivity index (χ2v) is 14.1. The Hall–Kier alpha value is -1.71. The quantitative estimate of drug-likeness (QED) is 0.561. The van der Waals surface area contributed by atoms with Crippen LogP contribution < -0.4 is 4.74 Å². The SMILES string of the molecule is CC(C[C@@H]1CCC[C@@]2(S(=O)(=O)c3ccc(Cl)cc3)c3c(F)ccc(F)c3OC[C@@H]12)S(C)(=O)=O. The van der Waals surface area contributed by atoms with Crippen molar-refractivity contribution in [1.82, 2.24) is 0 Å². The molecule has 0 saturated heterocycles. The largest absolute Gasteiger partial charge is 0.490 e. The first kappa shape index (κ1) is 24.4. The summed E-state index contributed by atoms with van der Waals surface area (Å²) in [5, 5.41) is -0.369. The average Bonchev–Trinajstić information content (AvgIpc) is 2.75. The van der Waals surface area contributed by atoms with Gasteiger partial charge in [-0.1, -0.05) is 18.0 Å². The number of fused-ring (bicyclic) bond motifs is 3. The van der Waals surface area contributed by atoms with E-state index in [4.69, 9.17) is 16.3 Å². The summed E-state index contributed by atoms with van der Waals surface area (Å²) in [6.45, 7) is 1.43.